The van der Waals surface area contributed by atoms with Crippen LogP contribution in [0.2, 0.25) is 0 Å². The van der Waals surface area contributed by atoms with Gasteiger partial charge in [0.1, 0.15) is 5.82 Å². The first-order valence-electron chi connectivity index (χ1n) is 11.1. The number of nitrogens with zero attached hydrogens (tertiary/aromatic N) is 2. The molecule has 1 atom stereocenters. The van der Waals surface area contributed by atoms with Crippen molar-refractivity contribution < 1.29 is 18.7 Å². The summed E-state index contributed by atoms with van der Waals surface area (Å²) in [6.45, 7) is 2.57. The van der Waals surface area contributed by atoms with Gasteiger partial charge in [-0.1, -0.05) is 18.6 Å². The van der Waals surface area contributed by atoms with Crippen LogP contribution >= 0.6 is 0 Å². The second kappa shape index (κ2) is 9.73. The molecule has 2 N–H and O–H groups in total. The number of carboxylic acids is 1. The Bertz CT molecular complexity index is 931. The minimum absolute atomic E-state index is 0.115. The molecule has 7 heteroatoms. The van der Waals surface area contributed by atoms with Crippen LogP contribution in [0.25, 0.3) is 0 Å². The van der Waals surface area contributed by atoms with E-state index in [9.17, 15) is 18.7 Å². The highest BCUT2D eigenvalue weighted by Gasteiger charge is 2.34. The molecule has 0 amide bonds. The number of carbonyl (C=O) groups is 1. The van der Waals surface area contributed by atoms with Gasteiger partial charge in [-0.3, -0.25) is 9.69 Å². The number of likely N-dealkylation sites (tertiary alicyclic amines) is 1. The van der Waals surface area contributed by atoms with Gasteiger partial charge in [-0.25, -0.2) is 13.8 Å². The summed E-state index contributed by atoms with van der Waals surface area (Å²) in [5, 5.41) is 12.6. The Morgan fingerprint density at radius 2 is 2.03 bits per heavy atom. The summed E-state index contributed by atoms with van der Waals surface area (Å²) in [6.07, 6.45) is 6.36. The Labute approximate surface area is 181 Å². The minimum Gasteiger partial charge on any atom is -0.481 e. The molecule has 166 valence electrons. The van der Waals surface area contributed by atoms with Crippen molar-refractivity contribution >= 4 is 11.8 Å². The fourth-order valence-corrected chi connectivity index (χ4v) is 4.64. The van der Waals surface area contributed by atoms with Crippen molar-refractivity contribution in [1.82, 2.24) is 9.88 Å². The SMILES string of the molecule is O=C(O)C[C@@H](c1ccc(F)c(F)c1)N1CC(CCCCc2ccc3c(n2)NCCC3)C1. The average Bonchev–Trinajstić information content (AvgIpc) is 2.73. The third kappa shape index (κ3) is 5.39. The van der Waals surface area contributed by atoms with Crippen LogP contribution in [-0.4, -0.2) is 40.6 Å². The molecule has 1 aromatic carbocycles. The van der Waals surface area contributed by atoms with Crippen LogP contribution in [0, 0.1) is 17.6 Å². The first kappa shape index (κ1) is 21.7. The number of carboxylic acid groups (broad SMARTS) is 1. The topological polar surface area (TPSA) is 65.5 Å². The van der Waals surface area contributed by atoms with E-state index in [1.165, 1.54) is 11.6 Å². The molecule has 3 heterocycles. The molecule has 1 saturated heterocycles. The third-order valence-electron chi connectivity index (χ3n) is 6.37. The standard InChI is InChI=1S/C24H29F2N3O2/c25-20-10-8-18(12-21(20)26)22(13-23(30)31)29-14-16(15-29)4-1-2-6-19-9-7-17-5-3-11-27-24(17)28-19/h7-10,12,16,22H,1-6,11,13-15H2,(H,27,28)(H,30,31)/t22-/m0/s1. The predicted molar refractivity (Wildman–Crippen MR) is 115 cm³/mol. The van der Waals surface area contributed by atoms with E-state index in [4.69, 9.17) is 4.98 Å². The van der Waals surface area contributed by atoms with Gasteiger partial charge >= 0.3 is 5.97 Å². The Morgan fingerprint density at radius 3 is 2.81 bits per heavy atom. The Balaban J connectivity index is 1.23. The number of anilines is 1. The monoisotopic (exact) mass is 429 g/mol. The maximum absolute atomic E-state index is 13.6. The molecule has 0 saturated carbocycles. The number of halogens is 2. The van der Waals surface area contributed by atoms with Crippen LogP contribution in [0.15, 0.2) is 30.3 Å². The average molecular weight is 430 g/mol. The van der Waals surface area contributed by atoms with E-state index < -0.39 is 23.6 Å². The normalized spacial score (nSPS) is 17.5. The summed E-state index contributed by atoms with van der Waals surface area (Å²) in [7, 11) is 0. The largest absolute Gasteiger partial charge is 0.481 e. The van der Waals surface area contributed by atoms with Crippen LogP contribution in [-0.2, 0) is 17.6 Å². The van der Waals surface area contributed by atoms with E-state index in [0.29, 0.717) is 11.5 Å². The maximum Gasteiger partial charge on any atom is 0.305 e. The van der Waals surface area contributed by atoms with E-state index in [2.05, 4.69) is 22.3 Å². The number of hydrogen-bond acceptors (Lipinski definition) is 4. The van der Waals surface area contributed by atoms with Gasteiger partial charge in [0.15, 0.2) is 11.6 Å². The Morgan fingerprint density at radius 1 is 1.19 bits per heavy atom. The number of rotatable bonds is 9. The van der Waals surface area contributed by atoms with E-state index >= 15 is 0 Å². The number of aryl methyl sites for hydroxylation is 2. The molecule has 1 fully saturated rings. The zero-order valence-corrected chi connectivity index (χ0v) is 17.6. The lowest BCUT2D eigenvalue weighted by Gasteiger charge is -2.44. The summed E-state index contributed by atoms with van der Waals surface area (Å²) in [5.41, 5.74) is 2.96. The van der Waals surface area contributed by atoms with Gasteiger partial charge in [0.25, 0.3) is 0 Å². The fraction of sp³-hybridized carbons (Fsp3) is 0.500. The van der Waals surface area contributed by atoms with Gasteiger partial charge in [-0.05, 0) is 67.3 Å². The molecule has 0 unspecified atom stereocenters. The lowest BCUT2D eigenvalue weighted by molar-refractivity contribution is -0.139. The summed E-state index contributed by atoms with van der Waals surface area (Å²) in [6, 6.07) is 7.58. The molecule has 2 aliphatic rings. The van der Waals surface area contributed by atoms with Gasteiger partial charge in [0, 0.05) is 31.4 Å². The van der Waals surface area contributed by atoms with Gasteiger partial charge < -0.3 is 10.4 Å². The zero-order chi connectivity index (χ0) is 21.8. The number of aliphatic carboxylic acids is 1. The fourth-order valence-electron chi connectivity index (χ4n) is 4.64. The van der Waals surface area contributed by atoms with Gasteiger partial charge in [-0.2, -0.15) is 0 Å². The highest BCUT2D eigenvalue weighted by Crippen LogP contribution is 2.34. The van der Waals surface area contributed by atoms with Crippen molar-refractivity contribution in [2.45, 2.75) is 51.0 Å². The summed E-state index contributed by atoms with van der Waals surface area (Å²) >= 11 is 0. The second-order valence-corrected chi connectivity index (χ2v) is 8.69. The smallest absolute Gasteiger partial charge is 0.305 e. The number of fused-ring (bicyclic) bond motifs is 1. The number of pyridine rings is 1. The van der Waals surface area contributed by atoms with Crippen molar-refractivity contribution in [2.75, 3.05) is 25.0 Å². The van der Waals surface area contributed by atoms with E-state index in [1.54, 1.807) is 0 Å². The lowest BCUT2D eigenvalue weighted by Crippen LogP contribution is -2.48. The van der Waals surface area contributed by atoms with Crippen molar-refractivity contribution in [3.8, 4) is 0 Å². The summed E-state index contributed by atoms with van der Waals surface area (Å²) < 4.78 is 26.9. The van der Waals surface area contributed by atoms with E-state index in [1.807, 2.05) is 0 Å². The quantitative estimate of drug-likeness (QED) is 0.572. The first-order chi connectivity index (χ1) is 15.0. The molecular formula is C24H29F2N3O2. The maximum atomic E-state index is 13.6. The van der Waals surface area contributed by atoms with Crippen molar-refractivity contribution in [3.63, 3.8) is 0 Å². The molecule has 0 radical (unpaired) electrons. The number of benzene rings is 1. The predicted octanol–water partition coefficient (Wildman–Crippen LogP) is 4.58. The molecule has 1 aromatic heterocycles. The highest BCUT2D eigenvalue weighted by atomic mass is 19.2. The third-order valence-corrected chi connectivity index (χ3v) is 6.37. The summed E-state index contributed by atoms with van der Waals surface area (Å²) in [5.74, 6) is -1.23. The second-order valence-electron chi connectivity index (χ2n) is 8.69. The number of nitrogens with one attached hydrogen (secondary N) is 1. The highest BCUT2D eigenvalue weighted by molar-refractivity contribution is 5.68. The summed E-state index contributed by atoms with van der Waals surface area (Å²) in [4.78, 5) is 18.1. The van der Waals surface area contributed by atoms with Gasteiger partial charge in [0.05, 0.1) is 6.42 Å². The molecule has 31 heavy (non-hydrogen) atoms. The van der Waals surface area contributed by atoms with Gasteiger partial charge in [0.2, 0.25) is 0 Å². The molecular weight excluding hydrogens is 400 g/mol. The molecule has 0 aliphatic carbocycles. The molecule has 0 bridgehead atoms. The molecule has 2 aliphatic heterocycles. The van der Waals surface area contributed by atoms with Crippen LogP contribution in [0.5, 0.6) is 0 Å². The molecule has 2 aromatic rings. The van der Waals surface area contributed by atoms with Crippen LogP contribution in [0.1, 0.15) is 55.0 Å². The number of unbranched alkanes of at least 4 members (excludes halogenated alkanes) is 1. The van der Waals surface area contributed by atoms with Crippen LogP contribution < -0.4 is 5.32 Å². The molecule has 0 spiro atoms. The van der Waals surface area contributed by atoms with Crippen LogP contribution in [0.4, 0.5) is 14.6 Å². The van der Waals surface area contributed by atoms with Crippen molar-refractivity contribution in [2.24, 2.45) is 5.92 Å². The minimum atomic E-state index is -0.940. The van der Waals surface area contributed by atoms with Gasteiger partial charge in [-0.15, -0.1) is 0 Å². The van der Waals surface area contributed by atoms with Crippen LogP contribution in [0.3, 0.4) is 0 Å². The van der Waals surface area contributed by atoms with E-state index in [-0.39, 0.29) is 6.42 Å². The zero-order valence-electron chi connectivity index (χ0n) is 17.6. The van der Waals surface area contributed by atoms with Crippen molar-refractivity contribution in [3.05, 3.63) is 58.8 Å². The Kier molecular flexibility index (Phi) is 6.80. The van der Waals surface area contributed by atoms with Crippen molar-refractivity contribution in [1.29, 1.82) is 0 Å². The Hall–Kier alpha value is -2.54. The lowest BCUT2D eigenvalue weighted by atomic mass is 9.89. The molecule has 4 rings (SSSR count). The first-order valence-corrected chi connectivity index (χ1v) is 11.1. The number of aromatic nitrogens is 1. The number of hydrogen-bond donors (Lipinski definition) is 2. The molecule has 5 nitrogen and oxygen atoms in total. The van der Waals surface area contributed by atoms with E-state index in [0.717, 1.165) is 81.8 Å².